The molecule has 148 valence electrons. The van der Waals surface area contributed by atoms with Crippen LogP contribution in [0.15, 0.2) is 36.4 Å². The number of urea groups is 1. The number of hydrogen-bond donors (Lipinski definition) is 2. The summed E-state index contributed by atoms with van der Waals surface area (Å²) in [5, 5.41) is 4.68. The number of imide groups is 1. The van der Waals surface area contributed by atoms with Gasteiger partial charge in [-0.1, -0.05) is 23.8 Å². The van der Waals surface area contributed by atoms with Gasteiger partial charge >= 0.3 is 12.0 Å². The number of aryl methyl sites for hydroxylation is 2. The average molecular weight is 386 g/mol. The Morgan fingerprint density at radius 2 is 1.75 bits per heavy atom. The lowest BCUT2D eigenvalue weighted by molar-refractivity contribution is -0.123. The topological polar surface area (TPSA) is 103 Å². The third kappa shape index (κ3) is 5.23. The minimum atomic E-state index is -0.777. The molecule has 0 aliphatic rings. The normalized spacial score (nSPS) is 10.0. The highest BCUT2D eigenvalue weighted by atomic mass is 16.5. The summed E-state index contributed by atoms with van der Waals surface area (Å²) in [7, 11) is 2.83. The van der Waals surface area contributed by atoms with Gasteiger partial charge in [0.05, 0.1) is 14.2 Å². The van der Waals surface area contributed by atoms with Gasteiger partial charge in [-0.2, -0.15) is 0 Å². The smallest absolute Gasteiger partial charge is 0.342 e. The first-order valence-electron chi connectivity index (χ1n) is 8.42. The second-order valence-corrected chi connectivity index (χ2v) is 5.94. The van der Waals surface area contributed by atoms with Crippen LogP contribution < -0.4 is 20.1 Å². The van der Waals surface area contributed by atoms with Gasteiger partial charge in [-0.25, -0.2) is 9.59 Å². The molecule has 0 saturated carbocycles. The molecule has 2 aromatic carbocycles. The number of esters is 1. The monoisotopic (exact) mass is 386 g/mol. The fourth-order valence-corrected chi connectivity index (χ4v) is 2.53. The molecule has 0 aliphatic heterocycles. The van der Waals surface area contributed by atoms with Crippen LogP contribution in [0.4, 0.5) is 10.5 Å². The minimum absolute atomic E-state index is 0.106. The van der Waals surface area contributed by atoms with Crippen molar-refractivity contribution in [2.24, 2.45) is 0 Å². The summed E-state index contributed by atoms with van der Waals surface area (Å²) in [6.07, 6.45) is 0. The van der Waals surface area contributed by atoms with Gasteiger partial charge in [-0.3, -0.25) is 10.1 Å². The number of ether oxygens (including phenoxy) is 3. The second kappa shape index (κ2) is 9.40. The third-order valence-electron chi connectivity index (χ3n) is 3.84. The summed E-state index contributed by atoms with van der Waals surface area (Å²) >= 11 is 0. The Labute approximate surface area is 162 Å². The maximum atomic E-state index is 12.2. The molecule has 0 fully saturated rings. The summed E-state index contributed by atoms with van der Waals surface area (Å²) in [5.41, 5.74) is 2.60. The zero-order chi connectivity index (χ0) is 20.7. The predicted octanol–water partition coefficient (Wildman–Crippen LogP) is 2.83. The predicted molar refractivity (Wildman–Crippen MR) is 103 cm³/mol. The Hall–Kier alpha value is -3.55. The highest BCUT2D eigenvalue weighted by Crippen LogP contribution is 2.31. The van der Waals surface area contributed by atoms with E-state index in [0.29, 0.717) is 11.4 Å². The summed E-state index contributed by atoms with van der Waals surface area (Å²) in [5.74, 6) is -0.990. The highest BCUT2D eigenvalue weighted by Gasteiger charge is 2.19. The molecule has 0 aliphatic carbocycles. The van der Waals surface area contributed by atoms with E-state index in [9.17, 15) is 14.4 Å². The number of amides is 3. The van der Waals surface area contributed by atoms with Crippen LogP contribution in [-0.2, 0) is 9.53 Å². The van der Waals surface area contributed by atoms with E-state index in [1.165, 1.54) is 20.3 Å². The largest absolute Gasteiger partial charge is 0.493 e. The SMILES string of the molecule is COc1cccc(C(=O)OCC(=O)NC(=O)Nc2ccc(C)cc2C)c1OC. The number of nitrogens with one attached hydrogen (secondary N) is 2. The van der Waals surface area contributed by atoms with E-state index in [0.717, 1.165) is 11.1 Å². The van der Waals surface area contributed by atoms with Crippen LogP contribution in [0.5, 0.6) is 11.5 Å². The number of anilines is 1. The summed E-state index contributed by atoms with van der Waals surface area (Å²) in [4.78, 5) is 36.0. The van der Waals surface area contributed by atoms with Gasteiger partial charge in [-0.15, -0.1) is 0 Å². The van der Waals surface area contributed by atoms with Crippen molar-refractivity contribution in [3.8, 4) is 11.5 Å². The molecule has 2 N–H and O–H groups in total. The van der Waals surface area contributed by atoms with Gasteiger partial charge in [0.1, 0.15) is 5.56 Å². The molecule has 0 unspecified atom stereocenters. The first-order valence-corrected chi connectivity index (χ1v) is 8.42. The molecule has 2 aromatic rings. The lowest BCUT2D eigenvalue weighted by atomic mass is 10.1. The first kappa shape index (κ1) is 20.8. The zero-order valence-corrected chi connectivity index (χ0v) is 16.1. The molecule has 28 heavy (non-hydrogen) atoms. The van der Waals surface area contributed by atoms with E-state index < -0.39 is 24.5 Å². The molecule has 0 saturated heterocycles. The maximum absolute atomic E-state index is 12.2. The molecule has 0 radical (unpaired) electrons. The van der Waals surface area contributed by atoms with E-state index in [-0.39, 0.29) is 11.3 Å². The van der Waals surface area contributed by atoms with Gasteiger partial charge in [-0.05, 0) is 37.6 Å². The quantitative estimate of drug-likeness (QED) is 0.740. The number of carbonyl (C=O) groups excluding carboxylic acids is 3. The maximum Gasteiger partial charge on any atom is 0.342 e. The fraction of sp³-hybridized carbons (Fsp3) is 0.250. The van der Waals surface area contributed by atoms with Crippen molar-refractivity contribution in [2.45, 2.75) is 13.8 Å². The van der Waals surface area contributed by atoms with Crippen LogP contribution in [-0.4, -0.2) is 38.7 Å². The molecule has 0 atom stereocenters. The second-order valence-electron chi connectivity index (χ2n) is 5.94. The summed E-state index contributed by atoms with van der Waals surface area (Å²) in [6.45, 7) is 3.15. The van der Waals surface area contributed by atoms with Crippen LogP contribution >= 0.6 is 0 Å². The van der Waals surface area contributed by atoms with E-state index in [2.05, 4.69) is 10.6 Å². The van der Waals surface area contributed by atoms with Crippen molar-refractivity contribution in [1.82, 2.24) is 5.32 Å². The third-order valence-corrected chi connectivity index (χ3v) is 3.84. The molecule has 2 rings (SSSR count). The Morgan fingerprint density at radius 1 is 1.00 bits per heavy atom. The molecular formula is C20H22N2O6. The molecule has 8 nitrogen and oxygen atoms in total. The first-order chi connectivity index (χ1) is 13.3. The molecule has 0 bridgehead atoms. The van der Waals surface area contributed by atoms with Crippen LogP contribution in [0.3, 0.4) is 0 Å². The van der Waals surface area contributed by atoms with Crippen molar-refractivity contribution < 1.29 is 28.6 Å². The molecule has 8 heteroatoms. The highest BCUT2D eigenvalue weighted by molar-refractivity contribution is 6.03. The van der Waals surface area contributed by atoms with Crippen LogP contribution in [0, 0.1) is 13.8 Å². The number of benzene rings is 2. The van der Waals surface area contributed by atoms with E-state index in [1.54, 1.807) is 18.2 Å². The average Bonchev–Trinajstić information content (AvgIpc) is 2.67. The van der Waals surface area contributed by atoms with Crippen LogP contribution in [0.25, 0.3) is 0 Å². The fourth-order valence-electron chi connectivity index (χ4n) is 2.53. The number of methoxy groups -OCH3 is 2. The van der Waals surface area contributed by atoms with E-state index in [4.69, 9.17) is 14.2 Å². The summed E-state index contributed by atoms with van der Waals surface area (Å²) < 4.78 is 15.2. The van der Waals surface area contributed by atoms with Gasteiger partial charge < -0.3 is 19.5 Å². The van der Waals surface area contributed by atoms with Gasteiger partial charge in [0, 0.05) is 5.69 Å². The molecule has 0 heterocycles. The van der Waals surface area contributed by atoms with Crippen molar-refractivity contribution >= 4 is 23.6 Å². The van der Waals surface area contributed by atoms with Crippen LogP contribution in [0.2, 0.25) is 0 Å². The zero-order valence-electron chi connectivity index (χ0n) is 16.1. The van der Waals surface area contributed by atoms with Crippen molar-refractivity contribution in [3.05, 3.63) is 53.1 Å². The van der Waals surface area contributed by atoms with E-state index >= 15 is 0 Å². The lowest BCUT2D eigenvalue weighted by Gasteiger charge is -2.12. The van der Waals surface area contributed by atoms with Crippen LogP contribution in [0.1, 0.15) is 21.5 Å². The minimum Gasteiger partial charge on any atom is -0.493 e. The van der Waals surface area contributed by atoms with Gasteiger partial charge in [0.15, 0.2) is 18.1 Å². The lowest BCUT2D eigenvalue weighted by Crippen LogP contribution is -2.37. The Kier molecular flexibility index (Phi) is 6.97. The molecule has 3 amide bonds. The van der Waals surface area contributed by atoms with E-state index in [1.807, 2.05) is 26.0 Å². The standard InChI is InChI=1S/C20H22N2O6/c1-12-8-9-15(13(2)10-12)21-20(25)22-17(23)11-28-19(24)14-6-5-7-16(26-3)18(14)27-4/h5-10H,11H2,1-4H3,(H2,21,22,23,25). The number of rotatable bonds is 6. The number of para-hydroxylation sites is 1. The van der Waals surface area contributed by atoms with Gasteiger partial charge in [0.25, 0.3) is 5.91 Å². The Morgan fingerprint density at radius 3 is 2.39 bits per heavy atom. The van der Waals surface area contributed by atoms with Crippen molar-refractivity contribution in [1.29, 1.82) is 0 Å². The molecule has 0 spiro atoms. The summed E-state index contributed by atoms with van der Waals surface area (Å²) in [6, 6.07) is 9.47. The van der Waals surface area contributed by atoms with Gasteiger partial charge in [0.2, 0.25) is 0 Å². The number of carbonyl (C=O) groups is 3. The number of hydrogen-bond acceptors (Lipinski definition) is 6. The Balaban J connectivity index is 1.91. The van der Waals surface area contributed by atoms with Crippen molar-refractivity contribution in [3.63, 3.8) is 0 Å². The van der Waals surface area contributed by atoms with Crippen molar-refractivity contribution in [2.75, 3.05) is 26.1 Å². The Bertz CT molecular complexity index is 894. The molecular weight excluding hydrogens is 364 g/mol. The molecule has 0 aromatic heterocycles.